The number of aliphatic hydroxyl groups excluding tert-OH is 1. The average molecular weight is 498 g/mol. The first-order valence-electron chi connectivity index (χ1n) is 7.50. The Morgan fingerprint density at radius 1 is 1.28 bits per heavy atom. The molecular weight excluding hydrogens is 481 g/mol. The maximum absolute atomic E-state index is 11.9. The van der Waals surface area contributed by atoms with E-state index in [0.717, 1.165) is 4.57 Å². The largest absolute Gasteiger partial charge is 0.488 e. The van der Waals surface area contributed by atoms with Gasteiger partial charge in [0.05, 0.1) is 24.4 Å². The van der Waals surface area contributed by atoms with E-state index in [2.05, 4.69) is 25.4 Å². The summed E-state index contributed by atoms with van der Waals surface area (Å²) in [6, 6.07) is 0. The molecular formula is C10H17N2O13P3S. The van der Waals surface area contributed by atoms with Gasteiger partial charge in [0, 0.05) is 19.7 Å². The molecule has 166 valence electrons. The van der Waals surface area contributed by atoms with Crippen molar-refractivity contribution in [2.75, 3.05) is 6.61 Å². The van der Waals surface area contributed by atoms with Crippen LogP contribution in [0.25, 0.3) is 0 Å². The normalized spacial score (nSPS) is 26.8. The molecule has 0 saturated carbocycles. The van der Waals surface area contributed by atoms with Crippen LogP contribution in [0.2, 0.25) is 0 Å². The van der Waals surface area contributed by atoms with Crippen LogP contribution in [-0.4, -0.2) is 53.0 Å². The number of aromatic amines is 1. The first-order chi connectivity index (χ1) is 13.1. The van der Waals surface area contributed by atoms with Crippen LogP contribution in [0.4, 0.5) is 0 Å². The highest BCUT2D eigenvalue weighted by Crippen LogP contribution is 2.66. The molecule has 2 unspecified atom stereocenters. The summed E-state index contributed by atoms with van der Waals surface area (Å²) in [6.45, 7) is -5.21. The van der Waals surface area contributed by atoms with E-state index in [-0.39, 0.29) is 12.0 Å². The van der Waals surface area contributed by atoms with Crippen LogP contribution in [-0.2, 0) is 45.9 Å². The fourth-order valence-corrected chi connectivity index (χ4v) is 6.33. The fourth-order valence-electron chi connectivity index (χ4n) is 2.36. The lowest BCUT2D eigenvalue weighted by molar-refractivity contribution is -0.0194. The van der Waals surface area contributed by atoms with E-state index in [1.54, 1.807) is 0 Å². The topological polar surface area (TPSA) is 227 Å². The van der Waals surface area contributed by atoms with E-state index in [1.165, 1.54) is 13.2 Å². The van der Waals surface area contributed by atoms with Crippen molar-refractivity contribution in [3.8, 4) is 0 Å². The SMILES string of the molecule is Cn1cc([C@H]2C[C@@H](O)[C@@H](COP(O)(=S)OP(=O)(O)OP(=O)(O)O)O2)c(=O)[nH]c1=O. The summed E-state index contributed by atoms with van der Waals surface area (Å²) in [5.41, 5.74) is -1.33. The van der Waals surface area contributed by atoms with Gasteiger partial charge >= 0.3 is 28.1 Å². The number of aromatic nitrogens is 2. The number of aryl methyl sites for hydroxylation is 1. The second-order valence-electron chi connectivity index (χ2n) is 5.81. The second kappa shape index (κ2) is 8.89. The third kappa shape index (κ3) is 7.26. The Labute approximate surface area is 166 Å². The molecule has 0 spiro atoms. The maximum atomic E-state index is 11.9. The number of rotatable bonds is 8. The minimum atomic E-state index is -5.46. The first-order valence-corrected chi connectivity index (χ1v) is 13.1. The van der Waals surface area contributed by atoms with Crippen LogP contribution in [0.15, 0.2) is 15.8 Å². The van der Waals surface area contributed by atoms with Crippen molar-refractivity contribution in [1.29, 1.82) is 0 Å². The van der Waals surface area contributed by atoms with E-state index >= 15 is 0 Å². The lowest BCUT2D eigenvalue weighted by Crippen LogP contribution is -2.31. The van der Waals surface area contributed by atoms with Crippen molar-refractivity contribution in [2.24, 2.45) is 7.05 Å². The number of ether oxygens (including phenoxy) is 1. The zero-order chi connectivity index (χ0) is 22.2. The summed E-state index contributed by atoms with van der Waals surface area (Å²) in [4.78, 5) is 61.4. The molecule has 1 aliphatic heterocycles. The van der Waals surface area contributed by atoms with Gasteiger partial charge in [-0.3, -0.25) is 9.78 Å². The van der Waals surface area contributed by atoms with Crippen LogP contribution in [0.5, 0.6) is 0 Å². The molecule has 6 N–H and O–H groups in total. The summed E-state index contributed by atoms with van der Waals surface area (Å²) in [5, 5.41) is 10.1. The molecule has 29 heavy (non-hydrogen) atoms. The van der Waals surface area contributed by atoms with Gasteiger partial charge in [0.1, 0.15) is 6.10 Å². The van der Waals surface area contributed by atoms with Crippen molar-refractivity contribution < 1.29 is 51.7 Å². The number of nitrogens with zero attached hydrogens (tertiary/aromatic N) is 1. The highest BCUT2D eigenvalue weighted by atomic mass is 32.5. The van der Waals surface area contributed by atoms with Gasteiger partial charge < -0.3 is 38.5 Å². The van der Waals surface area contributed by atoms with Crippen LogP contribution in [0.1, 0.15) is 18.1 Å². The van der Waals surface area contributed by atoms with E-state index in [9.17, 15) is 33.6 Å². The minimum Gasteiger partial charge on any atom is -0.390 e. The quantitative estimate of drug-likeness (QED) is 0.230. The first kappa shape index (κ1) is 24.7. The minimum absolute atomic E-state index is 0.0447. The summed E-state index contributed by atoms with van der Waals surface area (Å²) in [5.74, 6) is 0. The number of phosphoric acid groups is 2. The smallest absolute Gasteiger partial charge is 0.390 e. The highest BCUT2D eigenvalue weighted by molar-refractivity contribution is 8.08. The molecule has 0 radical (unpaired) electrons. The molecule has 0 aromatic carbocycles. The molecule has 0 aliphatic carbocycles. The van der Waals surface area contributed by atoms with Gasteiger partial charge in [0.15, 0.2) is 0 Å². The van der Waals surface area contributed by atoms with Crippen molar-refractivity contribution in [3.05, 3.63) is 32.6 Å². The Morgan fingerprint density at radius 2 is 1.90 bits per heavy atom. The van der Waals surface area contributed by atoms with Gasteiger partial charge in [-0.15, -0.1) is 0 Å². The van der Waals surface area contributed by atoms with Crippen molar-refractivity contribution in [2.45, 2.75) is 24.7 Å². The molecule has 1 saturated heterocycles. The number of aliphatic hydroxyl groups is 1. The molecule has 15 nitrogen and oxygen atoms in total. The van der Waals surface area contributed by atoms with Gasteiger partial charge in [-0.25, -0.2) is 18.2 Å². The Bertz CT molecular complexity index is 1020. The van der Waals surface area contributed by atoms with E-state index in [4.69, 9.17) is 19.0 Å². The Kier molecular flexibility index (Phi) is 7.57. The van der Waals surface area contributed by atoms with Crippen molar-refractivity contribution >= 4 is 34.2 Å². The Hall–Kier alpha value is -0.570. The van der Waals surface area contributed by atoms with Crippen LogP contribution < -0.4 is 11.2 Å². The van der Waals surface area contributed by atoms with Crippen LogP contribution in [0.3, 0.4) is 0 Å². The van der Waals surface area contributed by atoms with Crippen molar-refractivity contribution in [1.82, 2.24) is 9.55 Å². The summed E-state index contributed by atoms with van der Waals surface area (Å²) in [6.07, 6.45) is -2.16. The summed E-state index contributed by atoms with van der Waals surface area (Å²) in [7, 11) is -9.51. The number of nitrogens with one attached hydrogen (secondary N) is 1. The molecule has 1 aliphatic rings. The van der Waals surface area contributed by atoms with E-state index in [0.29, 0.717) is 0 Å². The van der Waals surface area contributed by atoms with Gasteiger partial charge in [-0.05, 0) is 11.8 Å². The average Bonchev–Trinajstić information content (AvgIpc) is 2.86. The molecule has 0 amide bonds. The maximum Gasteiger partial charge on any atom is 0.488 e. The fraction of sp³-hybridized carbons (Fsp3) is 0.600. The molecule has 1 fully saturated rings. The molecule has 1 aromatic heterocycles. The zero-order valence-electron chi connectivity index (χ0n) is 14.4. The second-order valence-corrected chi connectivity index (χ2v) is 11.6. The monoisotopic (exact) mass is 498 g/mol. The molecule has 0 bridgehead atoms. The standard InChI is InChI=1S/C10H17N2O13P3S/c1-12-3-5(9(14)11-10(12)15)7-2-6(13)8(23-7)4-22-28(21,29)25-27(19,20)24-26(16,17)18/h3,6-8,13H,2,4H2,1H3,(H,19,20)(H,21,29)(H,11,14,15)(H2,16,17,18)/t6-,7-,8-,28?/m1/s1. The number of hydrogen-bond acceptors (Lipinski definition) is 10. The Morgan fingerprint density at radius 3 is 2.48 bits per heavy atom. The predicted octanol–water partition coefficient (Wildman–Crippen LogP) is -1.28. The van der Waals surface area contributed by atoms with E-state index < -0.39 is 58.5 Å². The van der Waals surface area contributed by atoms with Crippen molar-refractivity contribution in [3.63, 3.8) is 0 Å². The molecule has 19 heteroatoms. The van der Waals surface area contributed by atoms with Gasteiger partial charge in [0.2, 0.25) is 0 Å². The summed E-state index contributed by atoms with van der Waals surface area (Å²) >= 11 is 4.46. The molecule has 5 atom stereocenters. The zero-order valence-corrected chi connectivity index (χ0v) is 17.9. The predicted molar refractivity (Wildman–Crippen MR) is 97.0 cm³/mol. The molecule has 2 rings (SSSR count). The van der Waals surface area contributed by atoms with Gasteiger partial charge in [0.25, 0.3) is 5.56 Å². The molecule has 2 heterocycles. The third-order valence-electron chi connectivity index (χ3n) is 3.52. The van der Waals surface area contributed by atoms with E-state index in [1.807, 2.05) is 0 Å². The van der Waals surface area contributed by atoms with Gasteiger partial charge in [-0.2, -0.15) is 4.31 Å². The lowest BCUT2D eigenvalue weighted by Gasteiger charge is -2.21. The number of hydrogen-bond donors (Lipinski definition) is 6. The van der Waals surface area contributed by atoms with Crippen LogP contribution in [0, 0.1) is 0 Å². The third-order valence-corrected chi connectivity index (χ3v) is 8.24. The lowest BCUT2D eigenvalue weighted by atomic mass is 10.1. The Balaban J connectivity index is 2.03. The molecule has 1 aromatic rings. The highest BCUT2D eigenvalue weighted by Gasteiger charge is 2.41. The summed E-state index contributed by atoms with van der Waals surface area (Å²) < 4.78 is 40.9. The number of H-pyrrole nitrogens is 1. The van der Waals surface area contributed by atoms with Crippen LogP contribution >= 0.6 is 22.4 Å². The van der Waals surface area contributed by atoms with Gasteiger partial charge in [-0.1, -0.05) is 0 Å².